The zero-order chi connectivity index (χ0) is 19.1. The van der Waals surface area contributed by atoms with Crippen molar-refractivity contribution in [2.75, 3.05) is 7.11 Å². The maximum atomic E-state index is 12.8. The molecule has 1 aliphatic rings. The first-order valence-corrected chi connectivity index (χ1v) is 9.46. The number of ether oxygens (including phenoxy) is 2. The number of benzene rings is 2. The summed E-state index contributed by atoms with van der Waals surface area (Å²) in [6.07, 6.45) is 2.80. The lowest BCUT2D eigenvalue weighted by atomic mass is 9.97. The van der Waals surface area contributed by atoms with Crippen LogP contribution in [0.4, 0.5) is 4.79 Å². The molecule has 3 rings (SSSR count). The fraction of sp³-hybridized carbons (Fsp3) is 0.409. The quantitative estimate of drug-likeness (QED) is 0.670. The van der Waals surface area contributed by atoms with Gasteiger partial charge < -0.3 is 9.47 Å². The van der Waals surface area contributed by atoms with Gasteiger partial charge in [0.05, 0.1) is 6.04 Å². The lowest BCUT2D eigenvalue weighted by molar-refractivity contribution is -0.285. The predicted molar refractivity (Wildman–Crippen MR) is 103 cm³/mol. The number of hydrogen-bond acceptors (Lipinski definition) is 4. The Kier molecular flexibility index (Phi) is 6.48. The molecule has 2 aromatic carbocycles. The molecular weight excluding hydrogens is 342 g/mol. The van der Waals surface area contributed by atoms with Gasteiger partial charge in [-0.2, -0.15) is 5.06 Å². The molecule has 1 fully saturated rings. The summed E-state index contributed by atoms with van der Waals surface area (Å²) in [5.74, 6) is -0.803. The van der Waals surface area contributed by atoms with Crippen molar-refractivity contribution in [2.45, 2.75) is 51.0 Å². The fourth-order valence-corrected chi connectivity index (χ4v) is 3.35. The minimum absolute atomic E-state index is 0.204. The van der Waals surface area contributed by atoms with Gasteiger partial charge in [0.2, 0.25) is 0 Å². The Bertz CT molecular complexity index is 722. The number of nitrogens with zero attached hydrogens (tertiary/aromatic N) is 1. The van der Waals surface area contributed by atoms with E-state index in [1.807, 2.05) is 60.7 Å². The highest BCUT2D eigenvalue weighted by Gasteiger charge is 2.49. The first-order chi connectivity index (χ1) is 13.2. The first-order valence-electron chi connectivity index (χ1n) is 9.46. The van der Waals surface area contributed by atoms with Crippen molar-refractivity contribution in [2.24, 2.45) is 0 Å². The van der Waals surface area contributed by atoms with Crippen molar-refractivity contribution in [1.82, 2.24) is 5.06 Å². The highest BCUT2D eigenvalue weighted by atomic mass is 16.8. The Hall–Kier alpha value is -2.37. The molecule has 0 saturated carbocycles. The van der Waals surface area contributed by atoms with E-state index in [0.717, 1.165) is 30.4 Å². The molecule has 0 N–H and O–H groups in total. The summed E-state index contributed by atoms with van der Waals surface area (Å²) in [6.45, 7) is 2.33. The summed E-state index contributed by atoms with van der Waals surface area (Å²) in [6, 6.07) is 19.2. The second-order valence-electron chi connectivity index (χ2n) is 6.81. The van der Waals surface area contributed by atoms with Crippen LogP contribution >= 0.6 is 0 Å². The van der Waals surface area contributed by atoms with E-state index in [1.165, 1.54) is 5.06 Å². The molecule has 0 radical (unpaired) electrons. The molecule has 27 heavy (non-hydrogen) atoms. The maximum Gasteiger partial charge on any atom is 0.434 e. The normalized spacial score (nSPS) is 22.0. The van der Waals surface area contributed by atoms with Crippen LogP contribution in [0, 0.1) is 0 Å². The average molecular weight is 369 g/mol. The molecule has 5 nitrogen and oxygen atoms in total. The van der Waals surface area contributed by atoms with Gasteiger partial charge in [-0.25, -0.2) is 9.63 Å². The lowest BCUT2D eigenvalue weighted by Crippen LogP contribution is -2.35. The zero-order valence-electron chi connectivity index (χ0n) is 16.0. The molecule has 0 unspecified atom stereocenters. The summed E-state index contributed by atoms with van der Waals surface area (Å²) in [5.41, 5.74) is 1.94. The van der Waals surface area contributed by atoms with Crippen molar-refractivity contribution in [3.8, 4) is 0 Å². The number of hydrogen-bond donors (Lipinski definition) is 0. The third kappa shape index (κ3) is 4.67. The molecular formula is C22H27NO4. The van der Waals surface area contributed by atoms with Gasteiger partial charge in [-0.3, -0.25) is 0 Å². The van der Waals surface area contributed by atoms with E-state index in [1.54, 1.807) is 7.11 Å². The van der Waals surface area contributed by atoms with E-state index < -0.39 is 11.9 Å². The van der Waals surface area contributed by atoms with Crippen LogP contribution in [-0.4, -0.2) is 24.1 Å². The van der Waals surface area contributed by atoms with E-state index in [0.29, 0.717) is 6.42 Å². The number of carbonyl (C=O) groups is 1. The van der Waals surface area contributed by atoms with Crippen LogP contribution in [0.25, 0.3) is 0 Å². The van der Waals surface area contributed by atoms with Crippen molar-refractivity contribution in [1.29, 1.82) is 0 Å². The van der Waals surface area contributed by atoms with Crippen molar-refractivity contribution < 1.29 is 19.1 Å². The number of carbonyl (C=O) groups excluding carboxylic acids is 1. The van der Waals surface area contributed by atoms with Crippen LogP contribution < -0.4 is 0 Å². The SMILES string of the molecule is CCCC[C@@]1(OC)C[C@@H](c2ccccc2)N(C(=O)OCc2ccccc2)O1. The van der Waals surface area contributed by atoms with Crippen LogP contribution in [0.15, 0.2) is 60.7 Å². The Balaban J connectivity index is 1.77. The maximum absolute atomic E-state index is 12.8. The molecule has 0 bridgehead atoms. The molecule has 0 spiro atoms. The molecule has 1 saturated heterocycles. The predicted octanol–water partition coefficient (Wildman–Crippen LogP) is 5.23. The minimum Gasteiger partial charge on any atom is -0.443 e. The van der Waals surface area contributed by atoms with E-state index in [2.05, 4.69) is 6.92 Å². The topological polar surface area (TPSA) is 48.0 Å². The third-order valence-corrected chi connectivity index (χ3v) is 4.90. The molecule has 1 amide bonds. The van der Waals surface area contributed by atoms with Crippen molar-refractivity contribution in [3.05, 3.63) is 71.8 Å². The van der Waals surface area contributed by atoms with E-state index in [-0.39, 0.29) is 12.6 Å². The minimum atomic E-state index is -0.803. The van der Waals surface area contributed by atoms with E-state index >= 15 is 0 Å². The monoisotopic (exact) mass is 369 g/mol. The van der Waals surface area contributed by atoms with Gasteiger partial charge in [0, 0.05) is 20.0 Å². The standard InChI is InChI=1S/C22H27NO4/c1-3-4-15-22(25-2)16-20(19-13-9-6-10-14-19)23(27-22)21(24)26-17-18-11-7-5-8-12-18/h5-14,20H,3-4,15-17H2,1-2H3/t20-,22-/m0/s1. The second-order valence-corrected chi connectivity index (χ2v) is 6.81. The molecule has 144 valence electrons. The van der Waals surface area contributed by atoms with Gasteiger partial charge in [0.1, 0.15) is 6.61 Å². The van der Waals surface area contributed by atoms with Gasteiger partial charge in [-0.15, -0.1) is 0 Å². The average Bonchev–Trinajstić information content (AvgIpc) is 3.12. The van der Waals surface area contributed by atoms with Crippen molar-refractivity contribution in [3.63, 3.8) is 0 Å². The number of amides is 1. The summed E-state index contributed by atoms with van der Waals surface area (Å²) in [5, 5.41) is 1.34. The summed E-state index contributed by atoms with van der Waals surface area (Å²) < 4.78 is 11.2. The number of methoxy groups -OCH3 is 1. The van der Waals surface area contributed by atoms with E-state index in [9.17, 15) is 4.79 Å². The number of unbranched alkanes of at least 4 members (excludes halogenated alkanes) is 1. The lowest BCUT2D eigenvalue weighted by Gasteiger charge is -2.26. The van der Waals surface area contributed by atoms with Crippen LogP contribution in [0.2, 0.25) is 0 Å². The van der Waals surface area contributed by atoms with E-state index in [4.69, 9.17) is 14.3 Å². The fourth-order valence-electron chi connectivity index (χ4n) is 3.35. The highest BCUT2D eigenvalue weighted by Crippen LogP contribution is 2.43. The largest absolute Gasteiger partial charge is 0.443 e. The summed E-state index contributed by atoms with van der Waals surface area (Å²) in [7, 11) is 1.64. The van der Waals surface area contributed by atoms with Crippen LogP contribution in [0.1, 0.15) is 49.8 Å². The molecule has 2 aromatic rings. The Morgan fingerprint density at radius 2 is 1.81 bits per heavy atom. The zero-order valence-corrected chi connectivity index (χ0v) is 16.0. The Labute approximate surface area is 160 Å². The molecule has 0 aromatic heterocycles. The van der Waals surface area contributed by atoms with Crippen LogP contribution in [0.5, 0.6) is 0 Å². The van der Waals surface area contributed by atoms with Gasteiger partial charge in [-0.05, 0) is 17.5 Å². The molecule has 1 aliphatic heterocycles. The number of hydroxylamine groups is 2. The molecule has 0 aliphatic carbocycles. The molecule has 2 atom stereocenters. The molecule has 5 heteroatoms. The van der Waals surface area contributed by atoms with Gasteiger partial charge in [0.25, 0.3) is 0 Å². The highest BCUT2D eigenvalue weighted by molar-refractivity contribution is 5.67. The summed E-state index contributed by atoms with van der Waals surface area (Å²) >= 11 is 0. The summed E-state index contributed by atoms with van der Waals surface area (Å²) in [4.78, 5) is 18.9. The van der Waals surface area contributed by atoms with Crippen molar-refractivity contribution >= 4 is 6.09 Å². The number of rotatable bonds is 7. The Morgan fingerprint density at radius 1 is 1.15 bits per heavy atom. The third-order valence-electron chi connectivity index (χ3n) is 4.90. The smallest absolute Gasteiger partial charge is 0.434 e. The van der Waals surface area contributed by atoms with Gasteiger partial charge in [-0.1, -0.05) is 74.0 Å². The Morgan fingerprint density at radius 3 is 2.44 bits per heavy atom. The van der Waals surface area contributed by atoms with Crippen LogP contribution in [0.3, 0.4) is 0 Å². The molecule has 1 heterocycles. The van der Waals surface area contributed by atoms with Gasteiger partial charge in [0.15, 0.2) is 5.79 Å². The first kappa shape index (κ1) is 19.4. The second kappa shape index (κ2) is 9.02. The van der Waals surface area contributed by atoms with Gasteiger partial charge >= 0.3 is 6.09 Å². The van der Waals surface area contributed by atoms with Crippen LogP contribution in [-0.2, 0) is 20.9 Å².